The summed E-state index contributed by atoms with van der Waals surface area (Å²) >= 11 is 0. The molecule has 380 valence electrons. The molecule has 0 bridgehead atoms. The van der Waals surface area contributed by atoms with Crippen LogP contribution in [0.5, 0.6) is 5.75 Å². The van der Waals surface area contributed by atoms with E-state index in [-0.39, 0.29) is 12.2 Å². The second-order valence-electron chi connectivity index (χ2n) is 16.6. The van der Waals surface area contributed by atoms with Crippen LogP contribution in [-0.2, 0) is 64.0 Å². The first-order chi connectivity index (χ1) is 33.1. The van der Waals surface area contributed by atoms with Crippen LogP contribution in [0.4, 0.5) is 0 Å². The lowest BCUT2D eigenvalue weighted by Gasteiger charge is -2.30. The molecule has 15 N–H and O–H groups in total. The van der Waals surface area contributed by atoms with Gasteiger partial charge in [0.05, 0.1) is 13.1 Å². The summed E-state index contributed by atoms with van der Waals surface area (Å²) in [6.07, 6.45) is -2.63. The predicted octanol–water partition coefficient (Wildman–Crippen LogP) is -4.24. The minimum absolute atomic E-state index is 0.0691. The van der Waals surface area contributed by atoms with Crippen LogP contribution in [0.25, 0.3) is 0 Å². The van der Waals surface area contributed by atoms with E-state index in [4.69, 9.17) is 17.2 Å². The molecule has 0 spiro atoms. The summed E-state index contributed by atoms with van der Waals surface area (Å²) in [5, 5.41) is 29.6. The minimum atomic E-state index is -1.72. The fraction of sp³-hybridized carbons (Fsp3) is 0.467. The van der Waals surface area contributed by atoms with E-state index in [1.807, 2.05) is 0 Å². The Labute approximate surface area is 402 Å². The van der Waals surface area contributed by atoms with E-state index in [2.05, 4.69) is 42.5 Å². The molecular weight excluding hydrogens is 917 g/mol. The lowest BCUT2D eigenvalue weighted by molar-refractivity contribution is -0.140. The third kappa shape index (κ3) is 18.9. The van der Waals surface area contributed by atoms with Gasteiger partial charge in [0.15, 0.2) is 0 Å². The highest BCUT2D eigenvalue weighted by molar-refractivity contribution is 5.98. The zero-order chi connectivity index (χ0) is 52.1. The number of amides is 12. The van der Waals surface area contributed by atoms with Gasteiger partial charge in [-0.05, 0) is 42.0 Å². The summed E-state index contributed by atoms with van der Waals surface area (Å²) < 4.78 is 0. The number of primary amides is 3. The average molecular weight is 979 g/mol. The number of phenols is 1. The van der Waals surface area contributed by atoms with Crippen molar-refractivity contribution in [2.45, 2.75) is 101 Å². The smallest absolute Gasteiger partial charge is 0.247 e. The van der Waals surface area contributed by atoms with Gasteiger partial charge in [0.1, 0.15) is 42.0 Å². The van der Waals surface area contributed by atoms with Crippen molar-refractivity contribution in [2.75, 3.05) is 26.7 Å². The number of nitrogens with one attached hydrogen (secondary N) is 8. The van der Waals surface area contributed by atoms with Gasteiger partial charge in [-0.1, -0.05) is 62.7 Å². The molecule has 0 saturated carbocycles. The molecule has 1 saturated heterocycles. The summed E-state index contributed by atoms with van der Waals surface area (Å²) in [5.74, 6) is -11.5. The summed E-state index contributed by atoms with van der Waals surface area (Å²) in [6, 6.07) is 4.58. The highest BCUT2D eigenvalue weighted by Crippen LogP contribution is 2.16. The number of carbonyl (C=O) groups excluding carboxylic acids is 12. The van der Waals surface area contributed by atoms with Gasteiger partial charge < -0.3 is 69.7 Å². The largest absolute Gasteiger partial charge is 0.508 e. The highest BCUT2D eigenvalue weighted by atomic mass is 16.3. The summed E-state index contributed by atoms with van der Waals surface area (Å²) in [4.78, 5) is 159. The van der Waals surface area contributed by atoms with Crippen LogP contribution in [0.15, 0.2) is 54.6 Å². The molecule has 1 heterocycles. The van der Waals surface area contributed by atoms with Gasteiger partial charge in [-0.25, -0.2) is 0 Å². The molecule has 0 aliphatic carbocycles. The Bertz CT molecular complexity index is 2250. The van der Waals surface area contributed by atoms with Crippen LogP contribution in [0, 0.1) is 5.92 Å². The van der Waals surface area contributed by atoms with Crippen LogP contribution in [0.3, 0.4) is 0 Å². The fourth-order valence-corrected chi connectivity index (χ4v) is 6.94. The number of aromatic hydroxyl groups is 1. The van der Waals surface area contributed by atoms with Crippen molar-refractivity contribution < 1.29 is 62.6 Å². The molecule has 25 heteroatoms. The lowest BCUT2D eigenvalue weighted by Crippen LogP contribution is -2.61. The van der Waals surface area contributed by atoms with Crippen LogP contribution in [0.1, 0.15) is 76.0 Å². The van der Waals surface area contributed by atoms with Gasteiger partial charge in [-0.3, -0.25) is 57.5 Å². The molecule has 0 radical (unpaired) electrons. The van der Waals surface area contributed by atoms with Gasteiger partial charge in [0.25, 0.3) is 0 Å². The SMILES string of the molecule is CC[C@H](C)[C@@H]1NC(=O)[C@H](Cc2ccc(O)cc2)NC(=O)CCC(=O)NC[C@@H](C(=O)N(C)CC(=O)N[C@H](C(=O)NCC(N)=O)c2ccccc2)NC(=O)[C@H](CCC(N)=O)NC(=O)[C@H](CCC(N)=O)NC1=O. The van der Waals surface area contributed by atoms with Crippen LogP contribution in [-0.4, -0.2) is 138 Å². The Morgan fingerprint density at radius 3 is 1.84 bits per heavy atom. The van der Waals surface area contributed by atoms with Crippen molar-refractivity contribution in [2.24, 2.45) is 23.1 Å². The third-order valence-corrected chi connectivity index (χ3v) is 11.0. The number of nitrogens with zero attached hydrogens (tertiary/aromatic N) is 1. The fourth-order valence-electron chi connectivity index (χ4n) is 6.94. The molecule has 7 atom stereocenters. The number of nitrogens with two attached hydrogens (primary N) is 3. The van der Waals surface area contributed by atoms with E-state index in [0.29, 0.717) is 17.5 Å². The second kappa shape index (κ2) is 27.6. The summed E-state index contributed by atoms with van der Waals surface area (Å²) in [7, 11) is 1.16. The van der Waals surface area contributed by atoms with Crippen molar-refractivity contribution in [1.29, 1.82) is 0 Å². The Kier molecular flexibility index (Phi) is 22.2. The Morgan fingerprint density at radius 2 is 1.27 bits per heavy atom. The number of phenolic OH excluding ortho intramolecular Hbond substituents is 1. The van der Waals surface area contributed by atoms with E-state index in [0.717, 1.165) is 11.9 Å². The monoisotopic (exact) mass is 978 g/mol. The molecular formula is C45H62N12O13. The molecule has 3 rings (SSSR count). The number of rotatable bonds is 18. The maximum Gasteiger partial charge on any atom is 0.247 e. The number of likely N-dealkylation sites (N-methyl/N-ethyl adjacent to an activating group) is 1. The normalized spacial score (nSPS) is 20.5. The van der Waals surface area contributed by atoms with Crippen molar-refractivity contribution in [3.8, 4) is 5.75 Å². The molecule has 12 amide bonds. The van der Waals surface area contributed by atoms with Gasteiger partial charge in [0.2, 0.25) is 70.9 Å². The molecule has 0 aromatic heterocycles. The molecule has 1 aliphatic heterocycles. The lowest BCUT2D eigenvalue weighted by atomic mass is 9.96. The number of hydrogen-bond acceptors (Lipinski definition) is 13. The van der Waals surface area contributed by atoms with Crippen molar-refractivity contribution in [1.82, 2.24) is 47.4 Å². The zero-order valence-corrected chi connectivity index (χ0v) is 39.0. The van der Waals surface area contributed by atoms with Crippen LogP contribution < -0.4 is 59.7 Å². The molecule has 25 nitrogen and oxygen atoms in total. The van der Waals surface area contributed by atoms with Gasteiger partial charge >= 0.3 is 0 Å². The number of benzene rings is 2. The molecule has 0 unspecified atom stereocenters. The van der Waals surface area contributed by atoms with Crippen LogP contribution >= 0.6 is 0 Å². The Hall–Kier alpha value is -8.12. The average Bonchev–Trinajstić information content (AvgIpc) is 3.31. The number of carbonyl (C=O) groups is 12. The summed E-state index contributed by atoms with van der Waals surface area (Å²) in [5.41, 5.74) is 16.7. The zero-order valence-electron chi connectivity index (χ0n) is 39.0. The molecule has 1 aliphatic rings. The van der Waals surface area contributed by atoms with Crippen LogP contribution in [0.2, 0.25) is 0 Å². The maximum absolute atomic E-state index is 14.1. The minimum Gasteiger partial charge on any atom is -0.508 e. The maximum atomic E-state index is 14.1. The summed E-state index contributed by atoms with van der Waals surface area (Å²) in [6.45, 7) is 1.40. The quantitative estimate of drug-likeness (QED) is 0.0675. The first-order valence-corrected chi connectivity index (χ1v) is 22.4. The van der Waals surface area contributed by atoms with Gasteiger partial charge in [0, 0.05) is 45.7 Å². The van der Waals surface area contributed by atoms with E-state index in [1.54, 1.807) is 32.0 Å². The predicted molar refractivity (Wildman–Crippen MR) is 247 cm³/mol. The van der Waals surface area contributed by atoms with E-state index in [9.17, 15) is 62.6 Å². The van der Waals surface area contributed by atoms with Crippen molar-refractivity contribution >= 4 is 70.9 Å². The van der Waals surface area contributed by atoms with E-state index < -0.39 is 171 Å². The van der Waals surface area contributed by atoms with Crippen molar-refractivity contribution in [3.63, 3.8) is 0 Å². The Morgan fingerprint density at radius 1 is 0.714 bits per heavy atom. The molecule has 2 aromatic rings. The highest BCUT2D eigenvalue weighted by Gasteiger charge is 2.36. The van der Waals surface area contributed by atoms with Gasteiger partial charge in [-0.15, -0.1) is 0 Å². The third-order valence-electron chi connectivity index (χ3n) is 11.0. The second-order valence-corrected chi connectivity index (χ2v) is 16.6. The topological polar surface area (TPSA) is 403 Å². The molecule has 1 fully saturated rings. The van der Waals surface area contributed by atoms with Gasteiger partial charge in [-0.2, -0.15) is 0 Å². The standard InChI is InChI=1S/C45H62N12O13/c1-4-24(2)38-44(69)53-29(15-17-33(47)60)40(65)52-28(14-16-32(46)59)41(66)54-31(21-49-35(62)18-19-36(63)51-30(42(67)56-38)20-25-10-12-27(58)13-11-25)45(70)57(3)23-37(64)55-39(26-8-6-5-7-9-26)43(68)50-22-34(48)61/h5-13,24,28-31,38-39,58H,4,14-23H2,1-3H3,(H2,46,59)(H2,47,60)(H2,48,61)(H,49,62)(H,50,68)(H,51,63)(H,52,65)(H,53,69)(H,54,66)(H,55,64)(H,56,67)/t24-,28-,29-,30-,31-,38-,39-/m0/s1. The first kappa shape index (κ1) is 56.2. The molecule has 2 aromatic carbocycles. The van der Waals surface area contributed by atoms with Crippen molar-refractivity contribution in [3.05, 3.63) is 65.7 Å². The first-order valence-electron chi connectivity index (χ1n) is 22.4. The molecule has 70 heavy (non-hydrogen) atoms. The van der Waals surface area contributed by atoms with E-state index >= 15 is 0 Å². The number of hydrogen-bond donors (Lipinski definition) is 12. The van der Waals surface area contributed by atoms with E-state index in [1.165, 1.54) is 36.4 Å². The Balaban J connectivity index is 2.03.